The summed E-state index contributed by atoms with van der Waals surface area (Å²) in [7, 11) is 1.58. The molecule has 9 nitrogen and oxygen atoms in total. The first-order valence-corrected chi connectivity index (χ1v) is 9.79. The molecule has 29 heavy (non-hydrogen) atoms. The molecule has 1 saturated heterocycles. The molecule has 0 aromatic heterocycles. The summed E-state index contributed by atoms with van der Waals surface area (Å²) in [5.41, 5.74) is 1.20. The fourth-order valence-corrected chi connectivity index (χ4v) is 3.72. The first-order chi connectivity index (χ1) is 14.0. The lowest BCUT2D eigenvalue weighted by Crippen LogP contribution is -2.47. The molecular formula is C20H26N4O5. The average Bonchev–Trinajstić information content (AvgIpc) is 2.98. The summed E-state index contributed by atoms with van der Waals surface area (Å²) < 4.78 is 5.04. The van der Waals surface area contributed by atoms with E-state index >= 15 is 0 Å². The summed E-state index contributed by atoms with van der Waals surface area (Å²) in [4.78, 5) is 42.3. The third-order valence-electron chi connectivity index (χ3n) is 5.38. The normalized spacial score (nSPS) is 18.1. The molecular weight excluding hydrogens is 376 g/mol. The van der Waals surface area contributed by atoms with Gasteiger partial charge in [-0.3, -0.25) is 24.6 Å². The molecule has 0 N–H and O–H groups in total. The van der Waals surface area contributed by atoms with E-state index in [9.17, 15) is 19.7 Å². The van der Waals surface area contributed by atoms with E-state index in [0.29, 0.717) is 43.0 Å². The van der Waals surface area contributed by atoms with Crippen molar-refractivity contribution in [2.75, 3.05) is 53.0 Å². The maximum absolute atomic E-state index is 13.2. The van der Waals surface area contributed by atoms with E-state index < -0.39 is 4.92 Å². The number of piperazine rings is 1. The second-order valence-corrected chi connectivity index (χ2v) is 7.06. The van der Waals surface area contributed by atoms with Crippen molar-refractivity contribution in [1.82, 2.24) is 14.7 Å². The quantitative estimate of drug-likeness (QED) is 0.280. The molecule has 0 saturated carbocycles. The van der Waals surface area contributed by atoms with Crippen molar-refractivity contribution in [3.8, 4) is 0 Å². The number of hydrogen-bond acceptors (Lipinski definition) is 7. The number of benzene rings is 1. The summed E-state index contributed by atoms with van der Waals surface area (Å²) >= 11 is 0. The molecule has 2 heterocycles. The molecule has 9 heteroatoms. The molecule has 2 amide bonds. The van der Waals surface area contributed by atoms with Gasteiger partial charge in [-0.2, -0.15) is 0 Å². The highest BCUT2D eigenvalue weighted by Gasteiger charge is 2.41. The average molecular weight is 402 g/mol. The van der Waals surface area contributed by atoms with Gasteiger partial charge in [0, 0.05) is 58.6 Å². The molecule has 0 radical (unpaired) electrons. The number of likely N-dealkylation sites (N-methyl/N-ethyl adjacent to an activating group) is 1. The number of nitro groups is 1. The Bertz CT molecular complexity index is 813. The van der Waals surface area contributed by atoms with Gasteiger partial charge in [0.25, 0.3) is 17.5 Å². The molecule has 156 valence electrons. The molecule has 0 spiro atoms. The number of carbonyl (C=O) groups is 2. The number of nitrogens with zero attached hydrogens (tertiary/aromatic N) is 4. The van der Waals surface area contributed by atoms with Crippen molar-refractivity contribution >= 4 is 23.1 Å². The summed E-state index contributed by atoms with van der Waals surface area (Å²) in [5.74, 6) is -0.655. The summed E-state index contributed by atoms with van der Waals surface area (Å²) in [6, 6.07) is 5.81. The molecule has 1 fully saturated rings. The van der Waals surface area contributed by atoms with Crippen molar-refractivity contribution in [3.63, 3.8) is 0 Å². The number of hydrogen-bond donors (Lipinski definition) is 0. The number of amides is 2. The second-order valence-electron chi connectivity index (χ2n) is 7.06. The smallest absolute Gasteiger partial charge is 0.277 e. The molecule has 2 aliphatic rings. The highest BCUT2D eigenvalue weighted by molar-refractivity contribution is 6.35. The molecule has 0 aliphatic carbocycles. The van der Waals surface area contributed by atoms with Crippen LogP contribution >= 0.6 is 0 Å². The predicted octanol–water partition coefficient (Wildman–Crippen LogP) is 1.35. The Morgan fingerprint density at radius 2 is 1.72 bits per heavy atom. The van der Waals surface area contributed by atoms with Crippen LogP contribution in [0.25, 0.3) is 5.57 Å². The van der Waals surface area contributed by atoms with E-state index in [1.54, 1.807) is 19.2 Å². The second kappa shape index (κ2) is 9.15. The van der Waals surface area contributed by atoms with Crippen LogP contribution in [0.15, 0.2) is 30.0 Å². The number of imide groups is 1. The maximum atomic E-state index is 13.2. The molecule has 2 aliphatic heterocycles. The Morgan fingerprint density at radius 1 is 1.07 bits per heavy atom. The van der Waals surface area contributed by atoms with E-state index in [2.05, 4.69) is 11.8 Å². The monoisotopic (exact) mass is 402 g/mol. The van der Waals surface area contributed by atoms with E-state index in [1.165, 1.54) is 17.0 Å². The van der Waals surface area contributed by atoms with Crippen LogP contribution in [0, 0.1) is 10.1 Å². The number of non-ortho nitro benzene ring substituents is 1. The van der Waals surface area contributed by atoms with Crippen LogP contribution in [-0.4, -0.2) is 84.4 Å². The Morgan fingerprint density at radius 3 is 2.28 bits per heavy atom. The molecule has 0 bridgehead atoms. The lowest BCUT2D eigenvalue weighted by Gasteiger charge is -2.36. The van der Waals surface area contributed by atoms with Gasteiger partial charge in [0.15, 0.2) is 0 Å². The van der Waals surface area contributed by atoms with Gasteiger partial charge in [0.1, 0.15) is 5.70 Å². The van der Waals surface area contributed by atoms with Crippen molar-refractivity contribution < 1.29 is 19.2 Å². The van der Waals surface area contributed by atoms with Crippen LogP contribution in [0.5, 0.6) is 0 Å². The summed E-state index contributed by atoms with van der Waals surface area (Å²) in [5, 5.41) is 11.0. The number of rotatable bonds is 8. The summed E-state index contributed by atoms with van der Waals surface area (Å²) in [6.07, 6.45) is 0.554. The van der Waals surface area contributed by atoms with E-state index in [-0.39, 0.29) is 24.0 Å². The third kappa shape index (κ3) is 4.30. The van der Waals surface area contributed by atoms with Crippen LogP contribution in [0.1, 0.15) is 18.9 Å². The predicted molar refractivity (Wildman–Crippen MR) is 107 cm³/mol. The zero-order valence-electron chi connectivity index (χ0n) is 16.8. The van der Waals surface area contributed by atoms with E-state index in [4.69, 9.17) is 4.74 Å². The topological polar surface area (TPSA) is 96.2 Å². The van der Waals surface area contributed by atoms with Crippen LogP contribution in [0.4, 0.5) is 5.69 Å². The zero-order valence-corrected chi connectivity index (χ0v) is 16.8. The van der Waals surface area contributed by atoms with Gasteiger partial charge >= 0.3 is 0 Å². The first-order valence-electron chi connectivity index (χ1n) is 9.79. The highest BCUT2D eigenvalue weighted by Crippen LogP contribution is 2.33. The molecule has 0 atom stereocenters. The number of carbonyl (C=O) groups excluding carboxylic acids is 2. The van der Waals surface area contributed by atoms with E-state index in [0.717, 1.165) is 19.6 Å². The lowest BCUT2D eigenvalue weighted by molar-refractivity contribution is -0.384. The standard InChI is InChI=1S/C20H26N4O5/c1-3-21-10-12-22(13-11-21)18-17(15-5-7-16(8-6-15)24(27)28)19(25)23(20(18)26)9-4-14-29-2/h5-8H,3-4,9-14H2,1-2H3. The molecule has 3 rings (SSSR count). The van der Waals surface area contributed by atoms with Gasteiger partial charge < -0.3 is 14.5 Å². The largest absolute Gasteiger partial charge is 0.385 e. The van der Waals surface area contributed by atoms with Crippen molar-refractivity contribution in [2.24, 2.45) is 0 Å². The van der Waals surface area contributed by atoms with Crippen LogP contribution < -0.4 is 0 Å². The summed E-state index contributed by atoms with van der Waals surface area (Å²) in [6.45, 7) is 6.72. The van der Waals surface area contributed by atoms with Gasteiger partial charge in [-0.25, -0.2) is 0 Å². The molecule has 1 aromatic rings. The fourth-order valence-electron chi connectivity index (χ4n) is 3.72. The SMILES string of the molecule is CCN1CCN(C2=C(c3ccc([N+](=O)[O-])cc3)C(=O)N(CCCOC)C2=O)CC1. The highest BCUT2D eigenvalue weighted by atomic mass is 16.6. The van der Waals surface area contributed by atoms with Gasteiger partial charge in [0.2, 0.25) is 0 Å². The van der Waals surface area contributed by atoms with Crippen molar-refractivity contribution in [2.45, 2.75) is 13.3 Å². The van der Waals surface area contributed by atoms with Crippen LogP contribution in [-0.2, 0) is 14.3 Å². The van der Waals surface area contributed by atoms with Crippen molar-refractivity contribution in [1.29, 1.82) is 0 Å². The van der Waals surface area contributed by atoms with Gasteiger partial charge in [-0.15, -0.1) is 0 Å². The minimum absolute atomic E-state index is 0.0545. The Kier molecular flexibility index (Phi) is 6.60. The third-order valence-corrected chi connectivity index (χ3v) is 5.38. The van der Waals surface area contributed by atoms with Crippen LogP contribution in [0.2, 0.25) is 0 Å². The number of methoxy groups -OCH3 is 1. The zero-order chi connectivity index (χ0) is 21.0. The minimum atomic E-state index is -0.484. The van der Waals surface area contributed by atoms with Crippen LogP contribution in [0.3, 0.4) is 0 Å². The van der Waals surface area contributed by atoms with Gasteiger partial charge in [0.05, 0.1) is 10.5 Å². The van der Waals surface area contributed by atoms with Gasteiger partial charge in [-0.1, -0.05) is 6.92 Å². The van der Waals surface area contributed by atoms with Gasteiger partial charge in [-0.05, 0) is 30.7 Å². The lowest BCUT2D eigenvalue weighted by atomic mass is 10.0. The number of ether oxygens (including phenoxy) is 1. The molecule has 1 aromatic carbocycles. The minimum Gasteiger partial charge on any atom is -0.385 e. The Labute approximate surface area is 169 Å². The fraction of sp³-hybridized carbons (Fsp3) is 0.500. The first kappa shape index (κ1) is 20.9. The Balaban J connectivity index is 1.94. The number of nitro benzene ring substituents is 1. The van der Waals surface area contributed by atoms with E-state index in [1.807, 2.05) is 4.90 Å². The van der Waals surface area contributed by atoms with Crippen molar-refractivity contribution in [3.05, 3.63) is 45.6 Å². The Hall–Kier alpha value is -2.78. The molecule has 0 unspecified atom stereocenters. The maximum Gasteiger partial charge on any atom is 0.277 e.